The minimum Gasteiger partial charge on any atom is -0.371 e. The van der Waals surface area contributed by atoms with Crippen molar-refractivity contribution in [3.8, 4) is 11.8 Å². The second-order valence-corrected chi connectivity index (χ2v) is 8.60. The number of ether oxygens (including phenoxy) is 2. The molecular weight excluding hydrogens is 398 g/mol. The average Bonchev–Trinajstić information content (AvgIpc) is 3.35. The van der Waals surface area contributed by atoms with Crippen molar-refractivity contribution in [3.63, 3.8) is 0 Å². The number of ketones is 2. The van der Waals surface area contributed by atoms with Crippen molar-refractivity contribution in [3.05, 3.63) is 10.1 Å². The van der Waals surface area contributed by atoms with Gasteiger partial charge in [-0.3, -0.25) is 9.59 Å². The van der Waals surface area contributed by atoms with Crippen molar-refractivity contribution in [2.24, 2.45) is 5.92 Å². The van der Waals surface area contributed by atoms with E-state index in [0.717, 1.165) is 0 Å². The van der Waals surface area contributed by atoms with Gasteiger partial charge < -0.3 is 9.47 Å². The quantitative estimate of drug-likeness (QED) is 0.310. The monoisotopic (exact) mass is 410 g/mol. The van der Waals surface area contributed by atoms with Crippen LogP contribution in [0.4, 0.5) is 0 Å². The molecule has 1 saturated carbocycles. The van der Waals surface area contributed by atoms with Crippen molar-refractivity contribution < 1.29 is 19.1 Å². The fourth-order valence-electron chi connectivity index (χ4n) is 2.71. The third-order valence-electron chi connectivity index (χ3n) is 4.30. The molecule has 0 aromatic rings. The minimum absolute atomic E-state index is 0.0203. The second-order valence-electron chi connectivity index (χ2n) is 6.60. The summed E-state index contributed by atoms with van der Waals surface area (Å²) in [4.78, 5) is 21.1. The lowest BCUT2D eigenvalue weighted by molar-refractivity contribution is -0.141. The van der Waals surface area contributed by atoms with Crippen LogP contribution in [-0.4, -0.2) is 46.2 Å². The van der Waals surface area contributed by atoms with Gasteiger partial charge in [0.2, 0.25) is 11.6 Å². The summed E-state index contributed by atoms with van der Waals surface area (Å²) in [5.74, 6) is 3.42. The summed E-state index contributed by atoms with van der Waals surface area (Å²) in [6.45, 7) is 4.69. The Kier molecular flexibility index (Phi) is 4.53. The first-order valence-corrected chi connectivity index (χ1v) is 8.85. The maximum Gasteiger partial charge on any atom is 0.228 e. The van der Waals surface area contributed by atoms with Crippen LogP contribution >= 0.6 is 46.4 Å². The van der Waals surface area contributed by atoms with Crippen LogP contribution in [0.5, 0.6) is 0 Å². The highest BCUT2D eigenvalue weighted by Gasteiger charge is 2.67. The van der Waals surface area contributed by atoms with Crippen LogP contribution in [-0.2, 0) is 19.1 Å². The molecule has 1 heterocycles. The molecule has 4 atom stereocenters. The van der Waals surface area contributed by atoms with Gasteiger partial charge in [0.1, 0.15) is 16.6 Å². The number of alkyl halides is 2. The van der Waals surface area contributed by atoms with E-state index in [-0.39, 0.29) is 22.6 Å². The molecule has 2 fully saturated rings. The van der Waals surface area contributed by atoms with Gasteiger partial charge in [-0.1, -0.05) is 35.0 Å². The summed E-state index contributed by atoms with van der Waals surface area (Å²) in [6.07, 6.45) is 0.129. The van der Waals surface area contributed by atoms with E-state index in [2.05, 4.69) is 11.8 Å². The zero-order chi connectivity index (χ0) is 17.9. The number of Topliss-reactive ketones (excluding diaryl/α,β-unsaturated/α-hetero) is 2. The van der Waals surface area contributed by atoms with E-state index in [1.807, 2.05) is 0 Å². The van der Waals surface area contributed by atoms with E-state index >= 15 is 0 Å². The molecule has 1 aliphatic heterocycles. The Morgan fingerprint density at radius 3 is 2.46 bits per heavy atom. The average molecular weight is 412 g/mol. The third kappa shape index (κ3) is 2.80. The highest BCUT2D eigenvalue weighted by Crippen LogP contribution is 2.58. The zero-order valence-corrected chi connectivity index (χ0v) is 15.9. The molecule has 2 bridgehead atoms. The predicted octanol–water partition coefficient (Wildman–Crippen LogP) is 3.00. The van der Waals surface area contributed by atoms with Gasteiger partial charge in [-0.25, -0.2) is 0 Å². The van der Waals surface area contributed by atoms with Crippen molar-refractivity contribution in [1.82, 2.24) is 0 Å². The Balaban J connectivity index is 1.90. The van der Waals surface area contributed by atoms with Crippen molar-refractivity contribution in [1.29, 1.82) is 0 Å². The predicted molar refractivity (Wildman–Crippen MR) is 91.6 cm³/mol. The molecule has 1 saturated heterocycles. The largest absolute Gasteiger partial charge is 0.371 e. The van der Waals surface area contributed by atoms with Gasteiger partial charge in [-0.05, 0) is 20.3 Å². The Morgan fingerprint density at radius 2 is 1.88 bits per heavy atom. The van der Waals surface area contributed by atoms with E-state index in [9.17, 15) is 9.59 Å². The molecule has 130 valence electrons. The molecule has 4 aliphatic rings. The topological polar surface area (TPSA) is 55.9 Å². The molecule has 3 aliphatic carbocycles. The molecule has 4 rings (SSSR count). The number of hydrogen-bond donors (Lipinski definition) is 0. The number of carbonyl (C=O) groups excluding carboxylic acids is 2. The van der Waals surface area contributed by atoms with E-state index in [4.69, 9.17) is 55.9 Å². The van der Waals surface area contributed by atoms with Crippen LogP contribution in [0.15, 0.2) is 10.1 Å². The number of rotatable bonds is 3. The minimum atomic E-state index is -1.78. The summed E-state index contributed by atoms with van der Waals surface area (Å²) >= 11 is 24.9. The smallest absolute Gasteiger partial charge is 0.228 e. The second kappa shape index (κ2) is 5.87. The van der Waals surface area contributed by atoms with Gasteiger partial charge in [-0.2, -0.15) is 0 Å². The van der Waals surface area contributed by atoms with Crippen molar-refractivity contribution in [2.75, 3.05) is 13.2 Å². The molecule has 24 heavy (non-hydrogen) atoms. The van der Waals surface area contributed by atoms with Crippen LogP contribution in [0, 0.1) is 17.8 Å². The van der Waals surface area contributed by atoms with Gasteiger partial charge in [0.25, 0.3) is 0 Å². The van der Waals surface area contributed by atoms with Crippen LogP contribution in [0.2, 0.25) is 0 Å². The van der Waals surface area contributed by atoms with E-state index in [0.29, 0.717) is 13.2 Å². The lowest BCUT2D eigenvalue weighted by atomic mass is 9.66. The maximum atomic E-state index is 12.4. The van der Waals surface area contributed by atoms with Crippen LogP contribution < -0.4 is 0 Å². The number of halogens is 4. The Labute approximate surface area is 159 Å². The molecule has 0 aromatic heterocycles. The van der Waals surface area contributed by atoms with Crippen molar-refractivity contribution >= 4 is 58.0 Å². The van der Waals surface area contributed by atoms with Crippen molar-refractivity contribution in [2.45, 2.75) is 41.7 Å². The van der Waals surface area contributed by atoms with Gasteiger partial charge in [0.15, 0.2) is 4.87 Å². The lowest BCUT2D eigenvalue weighted by Crippen LogP contribution is -2.62. The first-order valence-electron chi connectivity index (χ1n) is 7.34. The summed E-state index contributed by atoms with van der Waals surface area (Å²) in [5, 5.41) is -0.217. The lowest BCUT2D eigenvalue weighted by Gasteiger charge is -2.47. The molecule has 4 nitrogen and oxygen atoms in total. The van der Waals surface area contributed by atoms with Gasteiger partial charge in [0, 0.05) is 0 Å². The number of fused-ring (bicyclic) bond motifs is 2. The molecule has 0 amide bonds. The summed E-state index contributed by atoms with van der Waals surface area (Å²) < 4.78 is 10.8. The molecule has 0 aromatic carbocycles. The molecule has 8 heteroatoms. The van der Waals surface area contributed by atoms with Gasteiger partial charge in [-0.15, -0.1) is 23.2 Å². The molecule has 4 unspecified atom stereocenters. The van der Waals surface area contributed by atoms with Gasteiger partial charge in [0.05, 0.1) is 29.2 Å². The number of allylic oxidation sites excluding steroid dienone is 2. The summed E-state index contributed by atoms with van der Waals surface area (Å²) in [7, 11) is 0. The normalized spacial score (nSPS) is 38.2. The van der Waals surface area contributed by atoms with Crippen LogP contribution in [0.3, 0.4) is 0 Å². The Bertz CT molecular complexity index is 715. The first-order chi connectivity index (χ1) is 11.0. The van der Waals surface area contributed by atoms with Crippen LogP contribution in [0.25, 0.3) is 0 Å². The van der Waals surface area contributed by atoms with Crippen LogP contribution in [0.1, 0.15) is 20.3 Å². The zero-order valence-electron chi connectivity index (χ0n) is 12.9. The maximum absolute atomic E-state index is 12.4. The Hall–Kier alpha value is -0.280. The number of carbonyl (C=O) groups is 2. The first kappa shape index (κ1) is 18.5. The summed E-state index contributed by atoms with van der Waals surface area (Å²) in [6, 6.07) is 0. The van der Waals surface area contributed by atoms with E-state index in [1.54, 1.807) is 13.8 Å². The molecule has 0 N–H and O–H groups in total. The van der Waals surface area contributed by atoms with E-state index in [1.165, 1.54) is 0 Å². The van der Waals surface area contributed by atoms with Gasteiger partial charge >= 0.3 is 0 Å². The third-order valence-corrected chi connectivity index (χ3v) is 6.73. The highest BCUT2D eigenvalue weighted by atomic mass is 35.5. The molecule has 0 radical (unpaired) electrons. The highest BCUT2D eigenvalue weighted by molar-refractivity contribution is 6.70. The number of hydrogen-bond acceptors (Lipinski definition) is 4. The molecular formula is C16H14Cl4O4. The Morgan fingerprint density at radius 1 is 1.25 bits per heavy atom. The molecule has 0 spiro atoms. The number of epoxide rings is 1. The fraction of sp³-hybridized carbons (Fsp3) is 0.625. The summed E-state index contributed by atoms with van der Waals surface area (Å²) in [5.41, 5.74) is -0.775. The SMILES string of the molecule is CC(C)(C#CC1CC2(Cl)C(=O)C(=O)C1(Cl)C(Cl)=C2Cl)OCC1CO1. The standard InChI is InChI=1S/C16H14Cl4O4/c1-14(2,24-7-9-6-23-9)4-3-8-5-15(19)10(17)11(18)16(8,20)13(22)12(15)21/h8-9H,5-7H2,1-2H3. The fourth-order valence-corrected chi connectivity index (χ4v) is 4.14. The van der Waals surface area contributed by atoms with E-state index < -0.39 is 32.8 Å².